The highest BCUT2D eigenvalue weighted by Crippen LogP contribution is 2.31. The molecule has 0 aliphatic heterocycles. The minimum absolute atomic E-state index is 0.0213. The SMILES string of the molecule is C[C@@H](N=[N+]=[N-])c1oc2cccc(F)c2c(=O)c1-c1cccc(F)c1. The van der Waals surface area contributed by atoms with Crippen molar-refractivity contribution < 1.29 is 13.2 Å². The first-order valence-corrected chi connectivity index (χ1v) is 7.08. The van der Waals surface area contributed by atoms with E-state index < -0.39 is 23.1 Å². The lowest BCUT2D eigenvalue weighted by molar-refractivity contribution is 0.500. The van der Waals surface area contributed by atoms with Gasteiger partial charge in [-0.15, -0.1) is 0 Å². The Balaban J connectivity index is 2.46. The van der Waals surface area contributed by atoms with E-state index in [1.54, 1.807) is 0 Å². The van der Waals surface area contributed by atoms with Crippen molar-refractivity contribution >= 4 is 11.0 Å². The van der Waals surface area contributed by atoms with Gasteiger partial charge in [-0.25, -0.2) is 8.78 Å². The third-order valence-electron chi connectivity index (χ3n) is 3.61. The van der Waals surface area contributed by atoms with Crippen LogP contribution in [-0.2, 0) is 0 Å². The number of hydrogen-bond acceptors (Lipinski definition) is 3. The van der Waals surface area contributed by atoms with Gasteiger partial charge in [0.25, 0.3) is 0 Å². The Morgan fingerprint density at radius 1 is 1.21 bits per heavy atom. The minimum Gasteiger partial charge on any atom is -0.460 e. The van der Waals surface area contributed by atoms with Crippen molar-refractivity contribution in [3.63, 3.8) is 0 Å². The molecule has 3 rings (SSSR count). The maximum absolute atomic E-state index is 14.1. The van der Waals surface area contributed by atoms with Crippen molar-refractivity contribution in [2.24, 2.45) is 5.11 Å². The molecular weight excluding hydrogens is 316 g/mol. The van der Waals surface area contributed by atoms with E-state index in [4.69, 9.17) is 9.95 Å². The molecule has 7 heteroatoms. The summed E-state index contributed by atoms with van der Waals surface area (Å²) in [6.07, 6.45) is 0. The first-order valence-electron chi connectivity index (χ1n) is 7.08. The van der Waals surface area contributed by atoms with Crippen LogP contribution in [0.25, 0.3) is 32.5 Å². The first kappa shape index (κ1) is 15.7. The van der Waals surface area contributed by atoms with Crippen LogP contribution in [0.5, 0.6) is 0 Å². The van der Waals surface area contributed by atoms with Crippen LogP contribution in [0.4, 0.5) is 8.78 Å². The third-order valence-corrected chi connectivity index (χ3v) is 3.61. The Labute approximate surface area is 134 Å². The van der Waals surface area contributed by atoms with Crippen LogP contribution < -0.4 is 5.43 Å². The van der Waals surface area contributed by atoms with Crippen molar-refractivity contribution in [3.8, 4) is 11.1 Å². The van der Waals surface area contributed by atoms with Crippen molar-refractivity contribution in [1.82, 2.24) is 0 Å². The second-order valence-corrected chi connectivity index (χ2v) is 5.17. The normalized spacial score (nSPS) is 12.0. The largest absolute Gasteiger partial charge is 0.460 e. The van der Waals surface area contributed by atoms with Crippen LogP contribution in [0.2, 0.25) is 0 Å². The molecule has 1 heterocycles. The zero-order valence-corrected chi connectivity index (χ0v) is 12.5. The van der Waals surface area contributed by atoms with Crippen LogP contribution in [0.1, 0.15) is 18.7 Å². The first-order chi connectivity index (χ1) is 11.5. The lowest BCUT2D eigenvalue weighted by atomic mass is 9.99. The van der Waals surface area contributed by atoms with Gasteiger partial charge in [-0.05, 0) is 42.3 Å². The Hall–Kier alpha value is -3.18. The topological polar surface area (TPSA) is 79.0 Å². The Morgan fingerprint density at radius 2 is 1.96 bits per heavy atom. The molecule has 1 aromatic heterocycles. The maximum Gasteiger partial charge on any atom is 0.203 e. The van der Waals surface area contributed by atoms with Crippen LogP contribution in [0, 0.1) is 11.6 Å². The van der Waals surface area contributed by atoms with Gasteiger partial charge in [-0.3, -0.25) is 4.79 Å². The van der Waals surface area contributed by atoms with Gasteiger partial charge < -0.3 is 4.42 Å². The van der Waals surface area contributed by atoms with Crippen LogP contribution in [0.15, 0.2) is 56.8 Å². The number of halogens is 2. The summed E-state index contributed by atoms with van der Waals surface area (Å²) in [5.74, 6) is -1.23. The molecule has 2 aromatic carbocycles. The summed E-state index contributed by atoms with van der Waals surface area (Å²) in [7, 11) is 0. The van der Waals surface area contributed by atoms with E-state index in [-0.39, 0.29) is 27.9 Å². The Kier molecular flexibility index (Phi) is 4.02. The molecule has 0 N–H and O–H groups in total. The fourth-order valence-corrected chi connectivity index (χ4v) is 2.56. The van der Waals surface area contributed by atoms with Gasteiger partial charge in [0, 0.05) is 4.91 Å². The number of azide groups is 1. The zero-order valence-electron chi connectivity index (χ0n) is 12.5. The zero-order chi connectivity index (χ0) is 17.3. The van der Waals surface area contributed by atoms with Crippen LogP contribution in [0.3, 0.4) is 0 Å². The van der Waals surface area contributed by atoms with Gasteiger partial charge in [-0.2, -0.15) is 0 Å². The van der Waals surface area contributed by atoms with E-state index in [9.17, 15) is 13.6 Å². The molecule has 1 atom stereocenters. The summed E-state index contributed by atoms with van der Waals surface area (Å²) in [5, 5.41) is 3.31. The van der Waals surface area contributed by atoms with E-state index in [1.807, 2.05) is 0 Å². The fraction of sp³-hybridized carbons (Fsp3) is 0.118. The predicted octanol–water partition coefficient (Wildman–Crippen LogP) is 5.11. The molecule has 0 radical (unpaired) electrons. The quantitative estimate of drug-likeness (QED) is 0.380. The highest BCUT2D eigenvalue weighted by molar-refractivity contribution is 5.83. The smallest absolute Gasteiger partial charge is 0.203 e. The van der Waals surface area contributed by atoms with E-state index in [0.717, 1.165) is 12.1 Å². The molecule has 5 nitrogen and oxygen atoms in total. The van der Waals surface area contributed by atoms with Crippen molar-refractivity contribution in [1.29, 1.82) is 0 Å². The van der Waals surface area contributed by atoms with Gasteiger partial charge in [0.1, 0.15) is 28.4 Å². The molecule has 0 aliphatic carbocycles. The average Bonchev–Trinajstić information content (AvgIpc) is 2.54. The molecule has 0 saturated carbocycles. The third kappa shape index (κ3) is 2.61. The average molecular weight is 327 g/mol. The van der Waals surface area contributed by atoms with Crippen molar-refractivity contribution in [2.75, 3.05) is 0 Å². The maximum atomic E-state index is 14.1. The van der Waals surface area contributed by atoms with E-state index >= 15 is 0 Å². The van der Waals surface area contributed by atoms with Crippen molar-refractivity contribution in [3.05, 3.63) is 80.5 Å². The minimum atomic E-state index is -0.825. The molecule has 0 spiro atoms. The van der Waals surface area contributed by atoms with Gasteiger partial charge in [0.15, 0.2) is 0 Å². The molecule has 3 aromatic rings. The van der Waals surface area contributed by atoms with Crippen LogP contribution in [-0.4, -0.2) is 0 Å². The van der Waals surface area contributed by atoms with E-state index in [1.165, 1.54) is 37.3 Å². The highest BCUT2D eigenvalue weighted by atomic mass is 19.1. The molecule has 0 unspecified atom stereocenters. The summed E-state index contributed by atoms with van der Waals surface area (Å²) in [6.45, 7) is 1.53. The summed E-state index contributed by atoms with van der Waals surface area (Å²) < 4.78 is 33.3. The summed E-state index contributed by atoms with van der Waals surface area (Å²) >= 11 is 0. The Bertz CT molecular complexity index is 1040. The van der Waals surface area contributed by atoms with E-state index in [0.29, 0.717) is 0 Å². The molecule has 0 fully saturated rings. The lowest BCUT2D eigenvalue weighted by Gasteiger charge is -2.13. The Morgan fingerprint density at radius 3 is 2.67 bits per heavy atom. The molecule has 0 amide bonds. The fourth-order valence-electron chi connectivity index (χ4n) is 2.56. The summed E-state index contributed by atoms with van der Waals surface area (Å²) in [5.41, 5.74) is 8.25. The molecular formula is C17H11F2N3O2. The highest BCUT2D eigenvalue weighted by Gasteiger charge is 2.22. The van der Waals surface area contributed by atoms with Gasteiger partial charge in [0.2, 0.25) is 5.43 Å². The molecule has 24 heavy (non-hydrogen) atoms. The standard InChI is InChI=1S/C17H11F2N3O2/c1-9(21-22-20)17-14(10-4-2-5-11(18)8-10)16(23)15-12(19)6-3-7-13(15)24-17/h2-9H,1H3/t9-/m1/s1. The lowest BCUT2D eigenvalue weighted by Crippen LogP contribution is -2.11. The molecule has 0 saturated heterocycles. The monoisotopic (exact) mass is 327 g/mol. The number of hydrogen-bond donors (Lipinski definition) is 0. The van der Waals surface area contributed by atoms with Gasteiger partial charge >= 0.3 is 0 Å². The summed E-state index contributed by atoms with van der Waals surface area (Å²) in [6, 6.07) is 8.48. The van der Waals surface area contributed by atoms with E-state index in [2.05, 4.69) is 10.0 Å². The number of benzene rings is 2. The van der Waals surface area contributed by atoms with Crippen LogP contribution >= 0.6 is 0 Å². The van der Waals surface area contributed by atoms with Crippen molar-refractivity contribution in [2.45, 2.75) is 13.0 Å². The second-order valence-electron chi connectivity index (χ2n) is 5.17. The summed E-state index contributed by atoms with van der Waals surface area (Å²) in [4.78, 5) is 15.5. The number of fused-ring (bicyclic) bond motifs is 1. The predicted molar refractivity (Wildman–Crippen MR) is 85.4 cm³/mol. The second kappa shape index (κ2) is 6.14. The van der Waals surface area contributed by atoms with Gasteiger partial charge in [0.05, 0.1) is 11.6 Å². The van der Waals surface area contributed by atoms with Gasteiger partial charge in [-0.1, -0.05) is 23.3 Å². The molecule has 0 aliphatic rings. The number of nitrogens with zero attached hydrogens (tertiary/aromatic N) is 3. The molecule has 120 valence electrons. The molecule has 0 bridgehead atoms. The number of rotatable bonds is 3.